The molecular weight excluding hydrogens is 470 g/mol. The number of nitrogens with zero attached hydrogens (tertiary/aromatic N) is 2. The zero-order chi connectivity index (χ0) is 25.2. The number of benzene rings is 3. The molecule has 2 amide bonds. The lowest BCUT2D eigenvalue weighted by atomic mass is 10.1. The summed E-state index contributed by atoms with van der Waals surface area (Å²) in [7, 11) is 0. The fraction of sp³-hybridized carbons (Fsp3) is 0.207. The quantitative estimate of drug-likeness (QED) is 0.342. The van der Waals surface area contributed by atoms with E-state index in [4.69, 9.17) is 9.72 Å². The van der Waals surface area contributed by atoms with Crippen molar-refractivity contribution < 1.29 is 14.3 Å². The minimum Gasteiger partial charge on any atom is -0.478 e. The number of carbonyl (C=O) groups excluding carboxylic acids is 2. The Labute approximate surface area is 214 Å². The maximum atomic E-state index is 13.3. The standard InChI is InChI=1S/C29H27N3O3S/c1-4-25-29(34)32(16-27(33)30-22-12-8-9-18(2)19(22)3)24-15-21(13-14-26(24)35-25)23-17-36-28(31-23)20-10-6-5-7-11-20/h5-15,17,25H,4,16H2,1-3H3,(H,30,33). The minimum absolute atomic E-state index is 0.102. The molecule has 7 heteroatoms. The lowest BCUT2D eigenvalue weighted by Gasteiger charge is -2.34. The van der Waals surface area contributed by atoms with Crippen molar-refractivity contribution in [3.63, 3.8) is 0 Å². The highest BCUT2D eigenvalue weighted by atomic mass is 32.1. The topological polar surface area (TPSA) is 71.5 Å². The van der Waals surface area contributed by atoms with E-state index in [1.165, 1.54) is 4.90 Å². The van der Waals surface area contributed by atoms with Crippen LogP contribution in [0, 0.1) is 13.8 Å². The van der Waals surface area contributed by atoms with Crippen molar-refractivity contribution in [2.24, 2.45) is 0 Å². The van der Waals surface area contributed by atoms with E-state index in [9.17, 15) is 9.59 Å². The highest BCUT2D eigenvalue weighted by Gasteiger charge is 2.35. The second-order valence-electron chi connectivity index (χ2n) is 8.82. The monoisotopic (exact) mass is 497 g/mol. The van der Waals surface area contributed by atoms with Gasteiger partial charge < -0.3 is 10.1 Å². The molecule has 0 saturated heterocycles. The first-order chi connectivity index (χ1) is 17.4. The van der Waals surface area contributed by atoms with Gasteiger partial charge in [-0.25, -0.2) is 4.98 Å². The molecule has 5 rings (SSSR count). The Kier molecular flexibility index (Phi) is 6.57. The zero-order valence-electron chi connectivity index (χ0n) is 20.4. The third-order valence-electron chi connectivity index (χ3n) is 6.43. The van der Waals surface area contributed by atoms with Gasteiger partial charge in [-0.15, -0.1) is 11.3 Å². The summed E-state index contributed by atoms with van der Waals surface area (Å²) in [6.07, 6.45) is -0.109. The van der Waals surface area contributed by atoms with Crippen LogP contribution >= 0.6 is 11.3 Å². The van der Waals surface area contributed by atoms with Crippen LogP contribution in [0.3, 0.4) is 0 Å². The smallest absolute Gasteiger partial charge is 0.268 e. The molecule has 0 radical (unpaired) electrons. The number of hydrogen-bond acceptors (Lipinski definition) is 5. The Balaban J connectivity index is 1.45. The van der Waals surface area contributed by atoms with Gasteiger partial charge in [0.25, 0.3) is 5.91 Å². The van der Waals surface area contributed by atoms with E-state index in [0.29, 0.717) is 17.9 Å². The molecular formula is C29H27N3O3S. The average Bonchev–Trinajstić information content (AvgIpc) is 3.39. The normalized spacial score (nSPS) is 14.8. The third kappa shape index (κ3) is 4.62. The van der Waals surface area contributed by atoms with E-state index in [2.05, 4.69) is 5.32 Å². The Hall–Kier alpha value is -3.97. The van der Waals surface area contributed by atoms with Crippen LogP contribution in [0.5, 0.6) is 5.75 Å². The molecule has 6 nitrogen and oxygen atoms in total. The second kappa shape index (κ2) is 9.95. The molecule has 0 spiro atoms. The molecule has 4 aromatic rings. The largest absolute Gasteiger partial charge is 0.478 e. The number of amides is 2. The van der Waals surface area contributed by atoms with Gasteiger partial charge in [-0.3, -0.25) is 14.5 Å². The number of carbonyl (C=O) groups is 2. The van der Waals surface area contributed by atoms with E-state index in [-0.39, 0.29) is 18.4 Å². The number of thiazole rings is 1. The summed E-state index contributed by atoms with van der Waals surface area (Å²) in [5, 5.41) is 5.89. The van der Waals surface area contributed by atoms with E-state index in [1.807, 2.05) is 92.9 Å². The number of ether oxygens (including phenoxy) is 1. The summed E-state index contributed by atoms with van der Waals surface area (Å²) < 4.78 is 5.98. The predicted octanol–water partition coefficient (Wildman–Crippen LogP) is 6.24. The minimum atomic E-state index is -0.624. The van der Waals surface area contributed by atoms with Gasteiger partial charge in [-0.2, -0.15) is 0 Å². The van der Waals surface area contributed by atoms with Gasteiger partial charge in [0.05, 0.1) is 11.4 Å². The summed E-state index contributed by atoms with van der Waals surface area (Å²) in [5.41, 5.74) is 6.15. The van der Waals surface area contributed by atoms with Crippen molar-refractivity contribution in [1.82, 2.24) is 4.98 Å². The van der Waals surface area contributed by atoms with Gasteiger partial charge in [0.1, 0.15) is 17.3 Å². The SMILES string of the molecule is CCC1Oc2ccc(-c3csc(-c4ccccc4)n3)cc2N(CC(=O)Nc2cccc(C)c2C)C1=O. The van der Waals surface area contributed by atoms with Crippen LogP contribution in [0.4, 0.5) is 11.4 Å². The first kappa shape index (κ1) is 23.8. The fourth-order valence-corrected chi connectivity index (χ4v) is 5.08. The van der Waals surface area contributed by atoms with Crippen LogP contribution < -0.4 is 15.0 Å². The van der Waals surface area contributed by atoms with Crippen LogP contribution in [0.2, 0.25) is 0 Å². The van der Waals surface area contributed by atoms with Gasteiger partial charge in [0.2, 0.25) is 5.91 Å². The Morgan fingerprint density at radius 2 is 1.86 bits per heavy atom. The van der Waals surface area contributed by atoms with E-state index in [1.54, 1.807) is 11.3 Å². The summed E-state index contributed by atoms with van der Waals surface area (Å²) in [4.78, 5) is 32.7. The predicted molar refractivity (Wildman–Crippen MR) is 145 cm³/mol. The molecule has 0 saturated carbocycles. The molecule has 1 aliphatic heterocycles. The summed E-state index contributed by atoms with van der Waals surface area (Å²) in [5.74, 6) is 0.106. The number of anilines is 2. The van der Waals surface area contributed by atoms with E-state index in [0.717, 1.165) is 38.6 Å². The second-order valence-corrected chi connectivity index (χ2v) is 9.68. The number of fused-ring (bicyclic) bond motifs is 1. The molecule has 182 valence electrons. The van der Waals surface area contributed by atoms with Gasteiger partial charge in [0.15, 0.2) is 6.10 Å². The van der Waals surface area contributed by atoms with Crippen molar-refractivity contribution in [1.29, 1.82) is 0 Å². The fourth-order valence-electron chi connectivity index (χ4n) is 4.24. The van der Waals surface area contributed by atoms with Crippen molar-refractivity contribution in [2.75, 3.05) is 16.8 Å². The van der Waals surface area contributed by atoms with Gasteiger partial charge in [-0.05, 0) is 55.7 Å². The molecule has 2 heterocycles. The zero-order valence-corrected chi connectivity index (χ0v) is 21.3. The molecule has 1 aliphatic rings. The average molecular weight is 498 g/mol. The number of aromatic nitrogens is 1. The lowest BCUT2D eigenvalue weighted by Crippen LogP contribution is -2.48. The molecule has 0 aliphatic carbocycles. The van der Waals surface area contributed by atoms with Crippen LogP contribution in [-0.2, 0) is 9.59 Å². The highest BCUT2D eigenvalue weighted by Crippen LogP contribution is 2.39. The number of nitrogens with one attached hydrogen (secondary N) is 1. The van der Waals surface area contributed by atoms with Gasteiger partial charge >= 0.3 is 0 Å². The Morgan fingerprint density at radius 3 is 2.64 bits per heavy atom. The molecule has 1 unspecified atom stereocenters. The van der Waals surface area contributed by atoms with Crippen molar-refractivity contribution in [2.45, 2.75) is 33.3 Å². The van der Waals surface area contributed by atoms with Crippen molar-refractivity contribution in [3.05, 3.63) is 83.2 Å². The third-order valence-corrected chi connectivity index (χ3v) is 7.32. The maximum Gasteiger partial charge on any atom is 0.268 e. The van der Waals surface area contributed by atoms with Crippen molar-refractivity contribution >= 4 is 34.5 Å². The summed E-state index contributed by atoms with van der Waals surface area (Å²) >= 11 is 1.57. The molecule has 0 fully saturated rings. The number of aryl methyl sites for hydroxylation is 1. The van der Waals surface area contributed by atoms with Crippen LogP contribution in [0.25, 0.3) is 21.8 Å². The molecule has 1 aromatic heterocycles. The molecule has 3 aromatic carbocycles. The van der Waals surface area contributed by atoms with E-state index < -0.39 is 6.10 Å². The first-order valence-electron chi connectivity index (χ1n) is 11.9. The van der Waals surface area contributed by atoms with Crippen LogP contribution in [0.15, 0.2) is 72.1 Å². The molecule has 1 atom stereocenters. The number of hydrogen-bond donors (Lipinski definition) is 1. The molecule has 36 heavy (non-hydrogen) atoms. The maximum absolute atomic E-state index is 13.3. The molecule has 0 bridgehead atoms. The Bertz CT molecular complexity index is 1430. The summed E-state index contributed by atoms with van der Waals surface area (Å²) in [6, 6.07) is 21.5. The van der Waals surface area contributed by atoms with Crippen molar-refractivity contribution in [3.8, 4) is 27.6 Å². The van der Waals surface area contributed by atoms with E-state index >= 15 is 0 Å². The number of rotatable bonds is 6. The summed E-state index contributed by atoms with van der Waals surface area (Å²) in [6.45, 7) is 5.77. The van der Waals surface area contributed by atoms with Gasteiger partial charge in [-0.1, -0.05) is 49.4 Å². The first-order valence-corrected chi connectivity index (χ1v) is 12.8. The lowest BCUT2D eigenvalue weighted by molar-refractivity contribution is -0.128. The van der Waals surface area contributed by atoms with Crippen LogP contribution in [-0.4, -0.2) is 29.4 Å². The van der Waals surface area contributed by atoms with Crippen LogP contribution in [0.1, 0.15) is 24.5 Å². The highest BCUT2D eigenvalue weighted by molar-refractivity contribution is 7.13. The Morgan fingerprint density at radius 1 is 1.06 bits per heavy atom. The van der Waals surface area contributed by atoms with Gasteiger partial charge in [0, 0.05) is 22.2 Å². The molecule has 1 N–H and O–H groups in total.